The third-order valence-corrected chi connectivity index (χ3v) is 12.5. The molecule has 4 aliphatic carbocycles. The lowest BCUT2D eigenvalue weighted by atomic mass is 9.62. The summed E-state index contributed by atoms with van der Waals surface area (Å²) in [7, 11) is 0. The highest BCUT2D eigenvalue weighted by molar-refractivity contribution is 8.00. The average molecular weight is 477 g/mol. The van der Waals surface area contributed by atoms with Crippen LogP contribution in [0, 0.1) is 35.5 Å². The van der Waals surface area contributed by atoms with Gasteiger partial charge in [0, 0.05) is 48.8 Å². The summed E-state index contributed by atoms with van der Waals surface area (Å²) in [6.45, 7) is 3.55. The Balaban J connectivity index is 1.11. The molecule has 4 saturated carbocycles. The minimum absolute atomic E-state index is 0.743. The van der Waals surface area contributed by atoms with Crippen LogP contribution in [0.4, 0.5) is 0 Å². The van der Waals surface area contributed by atoms with Gasteiger partial charge in [-0.1, -0.05) is 0 Å². The maximum absolute atomic E-state index is 5.70. The second-order valence-electron chi connectivity index (χ2n) is 12.4. The molecule has 0 amide bonds. The van der Waals surface area contributed by atoms with E-state index in [1.165, 1.54) is 77.0 Å². The molecule has 5 aliphatic rings. The molecule has 5 heteroatoms. The number of rotatable bonds is 8. The van der Waals surface area contributed by atoms with Gasteiger partial charge < -0.3 is 22.1 Å². The average Bonchev–Trinajstić information content (AvgIpc) is 3.24. The second kappa shape index (κ2) is 12.0. The zero-order chi connectivity index (χ0) is 22.6. The Labute approximate surface area is 207 Å². The molecule has 4 nitrogen and oxygen atoms in total. The minimum atomic E-state index is 0.743. The summed E-state index contributed by atoms with van der Waals surface area (Å²) in [5.74, 6) is 6.20. The SMILES string of the molecule is NCCNC1CCC(C2CCC3SC4CCC(C5CCC(NCCN)CC5)CC4C3C2)CC1. The van der Waals surface area contributed by atoms with Crippen molar-refractivity contribution < 1.29 is 0 Å². The smallest absolute Gasteiger partial charge is 0.00814 e. The summed E-state index contributed by atoms with van der Waals surface area (Å²) in [5, 5.41) is 9.38. The summed E-state index contributed by atoms with van der Waals surface area (Å²) in [4.78, 5) is 0. The van der Waals surface area contributed by atoms with E-state index in [0.29, 0.717) is 0 Å². The van der Waals surface area contributed by atoms with Crippen molar-refractivity contribution >= 4 is 11.8 Å². The van der Waals surface area contributed by atoms with E-state index in [1.807, 2.05) is 0 Å². The first-order valence-electron chi connectivity index (χ1n) is 14.8. The molecule has 1 heterocycles. The van der Waals surface area contributed by atoms with Gasteiger partial charge in [-0.05, 0) is 125 Å². The molecular weight excluding hydrogens is 424 g/mol. The molecule has 0 aromatic rings. The highest BCUT2D eigenvalue weighted by Gasteiger charge is 2.50. The lowest BCUT2D eigenvalue weighted by molar-refractivity contribution is 0.0897. The van der Waals surface area contributed by atoms with Crippen molar-refractivity contribution in [1.29, 1.82) is 0 Å². The van der Waals surface area contributed by atoms with Crippen LogP contribution in [0.1, 0.15) is 89.9 Å². The molecule has 5 rings (SSSR count). The quantitative estimate of drug-likeness (QED) is 0.414. The molecule has 0 aromatic heterocycles. The maximum Gasteiger partial charge on any atom is 0.00814 e. The van der Waals surface area contributed by atoms with E-state index >= 15 is 0 Å². The fraction of sp³-hybridized carbons (Fsp3) is 1.00. The molecule has 190 valence electrons. The number of nitrogens with two attached hydrogens (primary N) is 2. The van der Waals surface area contributed by atoms with Crippen molar-refractivity contribution in [2.75, 3.05) is 26.2 Å². The molecule has 0 spiro atoms. The van der Waals surface area contributed by atoms with Crippen LogP contribution in [0.5, 0.6) is 0 Å². The van der Waals surface area contributed by atoms with Crippen LogP contribution < -0.4 is 22.1 Å². The van der Waals surface area contributed by atoms with Gasteiger partial charge in [0.1, 0.15) is 0 Å². The van der Waals surface area contributed by atoms with Gasteiger partial charge >= 0.3 is 0 Å². The van der Waals surface area contributed by atoms with E-state index in [0.717, 1.165) is 84.3 Å². The first-order valence-corrected chi connectivity index (χ1v) is 15.7. The standard InChI is InChI=1S/C28H52N4S/c29-13-15-31-23-7-1-19(2-8-23)21-5-11-27-25(17-21)26-18-22(6-12-28(26)33-27)20-3-9-24(10-4-20)32-16-14-30/h19-28,31-32H,1-18,29-30H2. The highest BCUT2D eigenvalue weighted by Crippen LogP contribution is 2.59. The van der Waals surface area contributed by atoms with Crippen molar-refractivity contribution in [3.8, 4) is 0 Å². The monoisotopic (exact) mass is 476 g/mol. The molecule has 6 atom stereocenters. The van der Waals surface area contributed by atoms with Gasteiger partial charge in [0.2, 0.25) is 0 Å². The van der Waals surface area contributed by atoms with Gasteiger partial charge in [-0.15, -0.1) is 0 Å². The first kappa shape index (κ1) is 24.9. The minimum Gasteiger partial charge on any atom is -0.329 e. The molecular formula is C28H52N4S. The maximum atomic E-state index is 5.70. The van der Waals surface area contributed by atoms with Crippen LogP contribution in [0.25, 0.3) is 0 Å². The molecule has 6 unspecified atom stereocenters. The Morgan fingerprint density at radius 1 is 0.515 bits per heavy atom. The van der Waals surface area contributed by atoms with E-state index in [2.05, 4.69) is 22.4 Å². The van der Waals surface area contributed by atoms with Crippen LogP contribution in [-0.2, 0) is 0 Å². The lowest BCUT2D eigenvalue weighted by Gasteiger charge is -2.43. The van der Waals surface area contributed by atoms with Crippen LogP contribution in [0.15, 0.2) is 0 Å². The Kier molecular flexibility index (Phi) is 9.00. The van der Waals surface area contributed by atoms with Crippen LogP contribution in [-0.4, -0.2) is 48.8 Å². The summed E-state index contributed by atoms with van der Waals surface area (Å²) in [6.07, 6.45) is 20.7. The Morgan fingerprint density at radius 3 is 1.30 bits per heavy atom. The summed E-state index contributed by atoms with van der Waals surface area (Å²) in [6, 6.07) is 1.49. The molecule has 0 radical (unpaired) electrons. The molecule has 5 fully saturated rings. The van der Waals surface area contributed by atoms with Gasteiger partial charge in [0.25, 0.3) is 0 Å². The highest BCUT2D eigenvalue weighted by atomic mass is 32.2. The summed E-state index contributed by atoms with van der Waals surface area (Å²) >= 11 is 2.45. The van der Waals surface area contributed by atoms with Gasteiger partial charge in [-0.3, -0.25) is 0 Å². The van der Waals surface area contributed by atoms with Crippen molar-refractivity contribution in [1.82, 2.24) is 10.6 Å². The predicted molar refractivity (Wildman–Crippen MR) is 142 cm³/mol. The van der Waals surface area contributed by atoms with Crippen molar-refractivity contribution in [2.24, 2.45) is 47.0 Å². The van der Waals surface area contributed by atoms with E-state index < -0.39 is 0 Å². The van der Waals surface area contributed by atoms with Gasteiger partial charge in [0.15, 0.2) is 0 Å². The Morgan fingerprint density at radius 2 is 0.909 bits per heavy atom. The third-order valence-electron chi connectivity index (χ3n) is 10.7. The number of nitrogens with one attached hydrogen (secondary N) is 2. The van der Waals surface area contributed by atoms with Crippen molar-refractivity contribution in [3.05, 3.63) is 0 Å². The third kappa shape index (κ3) is 5.96. The molecule has 1 saturated heterocycles. The molecule has 6 N–H and O–H groups in total. The number of fused-ring (bicyclic) bond motifs is 3. The van der Waals surface area contributed by atoms with E-state index in [9.17, 15) is 0 Å². The number of thioether (sulfide) groups is 1. The molecule has 0 aromatic carbocycles. The van der Waals surface area contributed by atoms with E-state index in [1.54, 1.807) is 12.8 Å². The first-order chi connectivity index (χ1) is 16.2. The van der Waals surface area contributed by atoms with Crippen molar-refractivity contribution in [3.63, 3.8) is 0 Å². The Hall–Kier alpha value is 0.190. The van der Waals surface area contributed by atoms with Crippen LogP contribution in [0.3, 0.4) is 0 Å². The molecule has 1 aliphatic heterocycles. The number of hydrogen-bond acceptors (Lipinski definition) is 5. The zero-order valence-electron chi connectivity index (χ0n) is 21.1. The van der Waals surface area contributed by atoms with E-state index in [-0.39, 0.29) is 0 Å². The second-order valence-corrected chi connectivity index (χ2v) is 13.9. The Bertz CT molecular complexity index is 536. The van der Waals surface area contributed by atoms with Gasteiger partial charge in [-0.25, -0.2) is 0 Å². The summed E-state index contributed by atoms with van der Waals surface area (Å²) in [5.41, 5.74) is 11.4. The largest absolute Gasteiger partial charge is 0.329 e. The zero-order valence-corrected chi connectivity index (χ0v) is 21.9. The summed E-state index contributed by atoms with van der Waals surface area (Å²) < 4.78 is 0. The normalized spacial score (nSPS) is 46.0. The lowest BCUT2D eigenvalue weighted by Crippen LogP contribution is -2.40. The number of hydrogen-bond donors (Lipinski definition) is 4. The van der Waals surface area contributed by atoms with Gasteiger partial charge in [-0.2, -0.15) is 11.8 Å². The molecule has 33 heavy (non-hydrogen) atoms. The fourth-order valence-corrected chi connectivity index (χ4v) is 10.9. The fourth-order valence-electron chi connectivity index (χ4n) is 8.91. The van der Waals surface area contributed by atoms with Crippen LogP contribution >= 0.6 is 11.8 Å². The topological polar surface area (TPSA) is 76.1 Å². The van der Waals surface area contributed by atoms with E-state index in [4.69, 9.17) is 11.5 Å². The molecule has 0 bridgehead atoms. The van der Waals surface area contributed by atoms with Crippen molar-refractivity contribution in [2.45, 2.75) is 112 Å². The predicted octanol–water partition coefficient (Wildman–Crippen LogP) is 4.52. The van der Waals surface area contributed by atoms with Gasteiger partial charge in [0.05, 0.1) is 0 Å². The van der Waals surface area contributed by atoms with Crippen LogP contribution in [0.2, 0.25) is 0 Å².